The van der Waals surface area contributed by atoms with Gasteiger partial charge < -0.3 is 9.73 Å². The number of aromatic nitrogens is 1. The molecule has 0 fully saturated rings. The van der Waals surface area contributed by atoms with Crippen LogP contribution in [-0.4, -0.2) is 34.2 Å². The van der Waals surface area contributed by atoms with Crippen LogP contribution in [0.4, 0.5) is 5.69 Å². The fourth-order valence-electron chi connectivity index (χ4n) is 3.42. The first-order valence-electron chi connectivity index (χ1n) is 10.1. The number of hydrogen-bond donors (Lipinski definition) is 1. The van der Waals surface area contributed by atoms with Crippen molar-refractivity contribution in [3.05, 3.63) is 59.0 Å². The van der Waals surface area contributed by atoms with E-state index >= 15 is 0 Å². The van der Waals surface area contributed by atoms with E-state index in [2.05, 4.69) is 10.3 Å². The third-order valence-electron chi connectivity index (χ3n) is 5.12. The van der Waals surface area contributed by atoms with Gasteiger partial charge in [-0.2, -0.15) is 0 Å². The van der Waals surface area contributed by atoms with Gasteiger partial charge in [-0.15, -0.1) is 0 Å². The van der Waals surface area contributed by atoms with Crippen LogP contribution < -0.4 is 5.32 Å². The average Bonchev–Trinajstić information content (AvgIpc) is 3.26. The van der Waals surface area contributed by atoms with E-state index in [9.17, 15) is 14.4 Å². The molecule has 3 amide bonds. The van der Waals surface area contributed by atoms with Gasteiger partial charge in [-0.3, -0.25) is 19.3 Å². The van der Waals surface area contributed by atoms with Crippen LogP contribution in [0.3, 0.4) is 0 Å². The van der Waals surface area contributed by atoms with Crippen LogP contribution in [0.25, 0.3) is 11.1 Å². The highest BCUT2D eigenvalue weighted by Crippen LogP contribution is 2.26. The predicted molar refractivity (Wildman–Crippen MR) is 113 cm³/mol. The Bertz CT molecular complexity index is 1160. The number of oxazole rings is 1. The first-order chi connectivity index (χ1) is 14.4. The third-order valence-corrected chi connectivity index (χ3v) is 5.12. The van der Waals surface area contributed by atoms with Crippen LogP contribution in [0.2, 0.25) is 0 Å². The fourth-order valence-corrected chi connectivity index (χ4v) is 3.42. The van der Waals surface area contributed by atoms with E-state index < -0.39 is 0 Å². The Morgan fingerprint density at radius 2 is 1.87 bits per heavy atom. The fraction of sp³-hybridized carbons (Fsp3) is 0.304. The molecule has 1 N–H and O–H groups in total. The lowest BCUT2D eigenvalue weighted by molar-refractivity contribution is 0.0652. The molecule has 30 heavy (non-hydrogen) atoms. The summed E-state index contributed by atoms with van der Waals surface area (Å²) in [4.78, 5) is 43.5. The first-order valence-corrected chi connectivity index (χ1v) is 10.1. The minimum atomic E-state index is -0.364. The molecule has 0 bridgehead atoms. The van der Waals surface area contributed by atoms with E-state index in [1.54, 1.807) is 30.3 Å². The number of carbonyl (C=O) groups excluding carboxylic acids is 3. The summed E-state index contributed by atoms with van der Waals surface area (Å²) in [5.41, 5.74) is 2.83. The number of nitrogens with one attached hydrogen (secondary N) is 1. The minimum absolute atomic E-state index is 0.166. The summed E-state index contributed by atoms with van der Waals surface area (Å²) in [7, 11) is 0. The maximum atomic E-state index is 12.7. The number of rotatable bonds is 6. The second-order valence-electron chi connectivity index (χ2n) is 7.72. The highest BCUT2D eigenvalue weighted by Gasteiger charge is 2.35. The topological polar surface area (TPSA) is 92.5 Å². The van der Waals surface area contributed by atoms with E-state index in [1.165, 1.54) is 11.0 Å². The number of amides is 3. The number of imide groups is 1. The second kappa shape index (κ2) is 7.74. The number of benzene rings is 2. The van der Waals surface area contributed by atoms with E-state index in [-0.39, 0.29) is 29.2 Å². The van der Waals surface area contributed by atoms with Gasteiger partial charge in [0.25, 0.3) is 17.7 Å². The molecule has 0 radical (unpaired) electrons. The molecule has 2 aromatic carbocycles. The van der Waals surface area contributed by atoms with Crippen molar-refractivity contribution in [2.24, 2.45) is 0 Å². The molecule has 0 spiro atoms. The Kier molecular flexibility index (Phi) is 5.11. The molecule has 2 heterocycles. The van der Waals surface area contributed by atoms with Crippen molar-refractivity contribution in [1.29, 1.82) is 0 Å². The highest BCUT2D eigenvalue weighted by atomic mass is 16.3. The standard InChI is InChI=1S/C23H23N3O4/c1-4-5-10-26-22(28)16-8-6-14(11-17(16)23(26)29)20(27)24-15-7-9-19-18(12-15)25-21(30-19)13(2)3/h6-9,11-13H,4-5,10H2,1-3H3,(H,24,27). The Morgan fingerprint density at radius 1 is 1.10 bits per heavy atom. The quantitative estimate of drug-likeness (QED) is 0.605. The van der Waals surface area contributed by atoms with Crippen LogP contribution in [0.5, 0.6) is 0 Å². The van der Waals surface area contributed by atoms with Crippen molar-refractivity contribution >= 4 is 34.5 Å². The summed E-state index contributed by atoms with van der Waals surface area (Å²) >= 11 is 0. The molecule has 154 valence electrons. The predicted octanol–water partition coefficient (Wildman–Crippen LogP) is 4.60. The Hall–Kier alpha value is -3.48. The minimum Gasteiger partial charge on any atom is -0.440 e. The SMILES string of the molecule is CCCCN1C(=O)c2ccc(C(=O)Nc3ccc4oc(C(C)C)nc4c3)cc2C1=O. The Balaban J connectivity index is 1.55. The molecule has 0 saturated carbocycles. The molecule has 0 atom stereocenters. The van der Waals surface area contributed by atoms with Gasteiger partial charge in [0.1, 0.15) is 5.52 Å². The van der Waals surface area contributed by atoms with Gasteiger partial charge in [-0.25, -0.2) is 4.98 Å². The molecule has 7 nitrogen and oxygen atoms in total. The zero-order valence-electron chi connectivity index (χ0n) is 17.2. The molecule has 7 heteroatoms. The lowest BCUT2D eigenvalue weighted by Crippen LogP contribution is -2.30. The molecule has 0 unspecified atom stereocenters. The number of unbranched alkanes of at least 4 members (excludes halogenated alkanes) is 1. The first kappa shape index (κ1) is 19.8. The van der Waals surface area contributed by atoms with Gasteiger partial charge in [0.2, 0.25) is 0 Å². The molecular weight excluding hydrogens is 382 g/mol. The second-order valence-corrected chi connectivity index (χ2v) is 7.72. The normalized spacial score (nSPS) is 13.4. The van der Waals surface area contributed by atoms with Gasteiger partial charge in [-0.05, 0) is 42.8 Å². The molecule has 1 aromatic heterocycles. The molecule has 0 aliphatic carbocycles. The monoisotopic (exact) mass is 405 g/mol. The molecule has 0 saturated heterocycles. The lowest BCUT2D eigenvalue weighted by atomic mass is 10.1. The molecule has 4 rings (SSSR count). The third kappa shape index (κ3) is 3.47. The number of carbonyl (C=O) groups is 3. The van der Waals surface area contributed by atoms with Crippen molar-refractivity contribution < 1.29 is 18.8 Å². The summed E-state index contributed by atoms with van der Waals surface area (Å²) in [6.07, 6.45) is 1.64. The largest absolute Gasteiger partial charge is 0.440 e. The number of fused-ring (bicyclic) bond motifs is 2. The summed E-state index contributed by atoms with van der Waals surface area (Å²) in [6.45, 7) is 6.38. The van der Waals surface area contributed by atoms with Gasteiger partial charge in [0, 0.05) is 23.7 Å². The van der Waals surface area contributed by atoms with Crippen molar-refractivity contribution in [2.45, 2.75) is 39.5 Å². The maximum absolute atomic E-state index is 12.7. The van der Waals surface area contributed by atoms with Crippen molar-refractivity contribution in [3.8, 4) is 0 Å². The zero-order valence-corrected chi connectivity index (χ0v) is 17.2. The van der Waals surface area contributed by atoms with Crippen molar-refractivity contribution in [3.63, 3.8) is 0 Å². The number of anilines is 1. The smallest absolute Gasteiger partial charge is 0.261 e. The van der Waals surface area contributed by atoms with Crippen LogP contribution in [-0.2, 0) is 0 Å². The Labute approximate surface area is 174 Å². The zero-order chi connectivity index (χ0) is 21.4. The Morgan fingerprint density at radius 3 is 2.60 bits per heavy atom. The molecule has 1 aliphatic rings. The molecule has 1 aliphatic heterocycles. The highest BCUT2D eigenvalue weighted by molar-refractivity contribution is 6.22. The molecule has 3 aromatic rings. The number of nitrogens with zero attached hydrogens (tertiary/aromatic N) is 2. The van der Waals surface area contributed by atoms with E-state index in [0.717, 1.165) is 12.8 Å². The van der Waals surface area contributed by atoms with Crippen LogP contribution >= 0.6 is 0 Å². The summed E-state index contributed by atoms with van der Waals surface area (Å²) in [5, 5.41) is 2.82. The van der Waals surface area contributed by atoms with Crippen molar-refractivity contribution in [2.75, 3.05) is 11.9 Å². The number of hydrogen-bond acceptors (Lipinski definition) is 5. The van der Waals surface area contributed by atoms with Gasteiger partial charge in [-0.1, -0.05) is 27.2 Å². The maximum Gasteiger partial charge on any atom is 0.261 e. The van der Waals surface area contributed by atoms with Crippen LogP contribution in [0.15, 0.2) is 40.8 Å². The summed E-state index contributed by atoms with van der Waals surface area (Å²) in [6, 6.07) is 9.85. The molecular formula is C23H23N3O4. The van der Waals surface area contributed by atoms with E-state index in [4.69, 9.17) is 4.42 Å². The lowest BCUT2D eigenvalue weighted by Gasteiger charge is -2.12. The van der Waals surface area contributed by atoms with Crippen LogP contribution in [0.1, 0.15) is 76.5 Å². The van der Waals surface area contributed by atoms with Gasteiger partial charge in [0.15, 0.2) is 11.5 Å². The van der Waals surface area contributed by atoms with E-state index in [0.29, 0.717) is 40.3 Å². The van der Waals surface area contributed by atoms with Gasteiger partial charge >= 0.3 is 0 Å². The van der Waals surface area contributed by atoms with E-state index in [1.807, 2.05) is 20.8 Å². The summed E-state index contributed by atoms with van der Waals surface area (Å²) < 4.78 is 5.69. The summed E-state index contributed by atoms with van der Waals surface area (Å²) in [5.74, 6) is -0.199. The van der Waals surface area contributed by atoms with Crippen molar-refractivity contribution in [1.82, 2.24) is 9.88 Å². The average molecular weight is 405 g/mol. The van der Waals surface area contributed by atoms with Gasteiger partial charge in [0.05, 0.1) is 11.1 Å². The van der Waals surface area contributed by atoms with Crippen LogP contribution in [0, 0.1) is 0 Å².